The first-order chi connectivity index (χ1) is 16.2. The van der Waals surface area contributed by atoms with E-state index in [1.807, 2.05) is 39.8 Å². The maximum Gasteiger partial charge on any atom is 0.261 e. The topological polar surface area (TPSA) is 97.0 Å². The molecule has 0 saturated carbocycles. The number of aromatic hydroxyl groups is 1. The summed E-state index contributed by atoms with van der Waals surface area (Å²) in [5.41, 5.74) is 9.82. The van der Waals surface area contributed by atoms with Crippen molar-refractivity contribution in [1.29, 1.82) is 0 Å². The van der Waals surface area contributed by atoms with E-state index in [-0.39, 0.29) is 23.9 Å². The Morgan fingerprint density at radius 2 is 1.76 bits per heavy atom. The van der Waals surface area contributed by atoms with Crippen LogP contribution in [0.25, 0.3) is 0 Å². The molecule has 1 saturated heterocycles. The number of amides is 1. The molecule has 7 nitrogen and oxygen atoms in total. The first kappa shape index (κ1) is 25.7. The van der Waals surface area contributed by atoms with Gasteiger partial charge in [0.05, 0.1) is 0 Å². The van der Waals surface area contributed by atoms with Gasteiger partial charge in [0.25, 0.3) is 5.91 Å². The first-order valence-electron chi connectivity index (χ1n) is 12.3. The number of anilines is 1. The van der Waals surface area contributed by atoms with Gasteiger partial charge < -0.3 is 25.6 Å². The number of para-hydroxylation sites is 2. The van der Waals surface area contributed by atoms with E-state index < -0.39 is 6.10 Å². The highest BCUT2D eigenvalue weighted by atomic mass is 16.5. The summed E-state index contributed by atoms with van der Waals surface area (Å²) in [5.74, 6) is 1.28. The molecule has 0 radical (unpaired) electrons. The third-order valence-corrected chi connectivity index (χ3v) is 6.80. The summed E-state index contributed by atoms with van der Waals surface area (Å²) in [7, 11) is 0. The summed E-state index contributed by atoms with van der Waals surface area (Å²) in [6, 6.07) is 9.06. The second kappa shape index (κ2) is 11.5. The average molecular weight is 470 g/mol. The molecule has 1 amide bonds. The van der Waals surface area contributed by atoms with Crippen molar-refractivity contribution in [3.8, 4) is 17.2 Å². The summed E-state index contributed by atoms with van der Waals surface area (Å²) in [6.45, 7) is 11.6. The molecule has 34 heavy (non-hydrogen) atoms. The SMILES string of the molecule is CCC(Oc1cc(C)c(N)c(C)c1C)C(=O)NC1CCN(C(CC)Oc2ccccc2O)CC1. The molecule has 1 aliphatic rings. The summed E-state index contributed by atoms with van der Waals surface area (Å²) >= 11 is 0. The number of likely N-dealkylation sites (tertiary alicyclic amines) is 1. The van der Waals surface area contributed by atoms with Gasteiger partial charge in [-0.25, -0.2) is 0 Å². The molecule has 0 aliphatic carbocycles. The molecule has 1 heterocycles. The number of phenolic OH excluding ortho intramolecular Hbond substituents is 1. The Balaban J connectivity index is 1.55. The van der Waals surface area contributed by atoms with E-state index in [1.54, 1.807) is 18.2 Å². The molecule has 2 atom stereocenters. The van der Waals surface area contributed by atoms with Crippen LogP contribution in [0.1, 0.15) is 56.2 Å². The molecular weight excluding hydrogens is 430 g/mol. The van der Waals surface area contributed by atoms with E-state index in [9.17, 15) is 9.90 Å². The monoisotopic (exact) mass is 469 g/mol. The number of rotatable bonds is 9. The maximum absolute atomic E-state index is 13.0. The average Bonchev–Trinajstić information content (AvgIpc) is 2.84. The highest BCUT2D eigenvalue weighted by Crippen LogP contribution is 2.31. The molecule has 0 aromatic heterocycles. The minimum Gasteiger partial charge on any atom is -0.504 e. The van der Waals surface area contributed by atoms with Gasteiger partial charge in [0.1, 0.15) is 5.75 Å². The van der Waals surface area contributed by atoms with Crippen molar-refractivity contribution in [2.75, 3.05) is 18.8 Å². The molecule has 2 aromatic carbocycles. The Hall–Kier alpha value is -2.93. The first-order valence-corrected chi connectivity index (χ1v) is 12.3. The number of nitrogens with one attached hydrogen (secondary N) is 1. The zero-order chi connectivity index (χ0) is 24.8. The van der Waals surface area contributed by atoms with E-state index in [0.29, 0.717) is 17.9 Å². The van der Waals surface area contributed by atoms with Crippen LogP contribution < -0.4 is 20.5 Å². The second-order valence-electron chi connectivity index (χ2n) is 9.14. The quantitative estimate of drug-likeness (QED) is 0.470. The van der Waals surface area contributed by atoms with Gasteiger partial charge >= 0.3 is 0 Å². The number of carbonyl (C=O) groups is 1. The van der Waals surface area contributed by atoms with Crippen molar-refractivity contribution in [1.82, 2.24) is 10.2 Å². The van der Waals surface area contributed by atoms with Gasteiger partial charge in [-0.3, -0.25) is 9.69 Å². The smallest absolute Gasteiger partial charge is 0.261 e. The molecule has 0 bridgehead atoms. The predicted octanol–water partition coefficient (Wildman–Crippen LogP) is 4.45. The fourth-order valence-electron chi connectivity index (χ4n) is 4.41. The summed E-state index contributed by atoms with van der Waals surface area (Å²) < 4.78 is 12.2. The number of phenols is 1. The summed E-state index contributed by atoms with van der Waals surface area (Å²) in [4.78, 5) is 15.3. The van der Waals surface area contributed by atoms with Crippen LogP contribution in [0.15, 0.2) is 30.3 Å². The van der Waals surface area contributed by atoms with Crippen LogP contribution in [0, 0.1) is 20.8 Å². The highest BCUT2D eigenvalue weighted by molar-refractivity contribution is 5.81. The number of nitrogens with two attached hydrogens (primary N) is 1. The van der Waals surface area contributed by atoms with Crippen molar-refractivity contribution in [3.63, 3.8) is 0 Å². The Kier molecular flexibility index (Phi) is 8.67. The third-order valence-electron chi connectivity index (χ3n) is 6.80. The van der Waals surface area contributed by atoms with Crippen LogP contribution >= 0.6 is 0 Å². The molecule has 1 fully saturated rings. The Morgan fingerprint density at radius 1 is 1.09 bits per heavy atom. The molecule has 4 N–H and O–H groups in total. The lowest BCUT2D eigenvalue weighted by Crippen LogP contribution is -2.51. The zero-order valence-electron chi connectivity index (χ0n) is 21.1. The number of piperidine rings is 1. The van der Waals surface area contributed by atoms with Crippen LogP contribution in [-0.4, -0.2) is 47.4 Å². The Labute approximate surface area is 203 Å². The van der Waals surface area contributed by atoms with Gasteiger partial charge in [0.2, 0.25) is 0 Å². The van der Waals surface area contributed by atoms with E-state index in [2.05, 4.69) is 17.1 Å². The number of aryl methyl sites for hydroxylation is 1. The number of carbonyl (C=O) groups excluding carboxylic acids is 1. The van der Waals surface area contributed by atoms with Gasteiger partial charge in [-0.15, -0.1) is 0 Å². The van der Waals surface area contributed by atoms with E-state index >= 15 is 0 Å². The number of nitrogen functional groups attached to an aromatic ring is 1. The van der Waals surface area contributed by atoms with Gasteiger partial charge in [-0.05, 0) is 81.3 Å². The van der Waals surface area contributed by atoms with Crippen LogP contribution in [0.2, 0.25) is 0 Å². The molecular formula is C27H39N3O4. The number of hydrogen-bond donors (Lipinski definition) is 3. The minimum absolute atomic E-state index is 0.0787. The number of benzene rings is 2. The third kappa shape index (κ3) is 5.95. The van der Waals surface area contributed by atoms with Crippen molar-refractivity contribution in [2.24, 2.45) is 0 Å². The van der Waals surface area contributed by atoms with Crippen molar-refractivity contribution < 1.29 is 19.4 Å². The number of ether oxygens (including phenoxy) is 2. The van der Waals surface area contributed by atoms with Crippen LogP contribution in [-0.2, 0) is 4.79 Å². The Morgan fingerprint density at radius 3 is 2.38 bits per heavy atom. The number of hydrogen-bond acceptors (Lipinski definition) is 6. The summed E-state index contributed by atoms with van der Waals surface area (Å²) in [6.07, 6.45) is 2.39. The van der Waals surface area contributed by atoms with E-state index in [4.69, 9.17) is 15.2 Å². The molecule has 7 heteroatoms. The molecule has 186 valence electrons. The predicted molar refractivity (Wildman–Crippen MR) is 135 cm³/mol. The fourth-order valence-corrected chi connectivity index (χ4v) is 4.41. The van der Waals surface area contributed by atoms with Crippen molar-refractivity contribution >= 4 is 11.6 Å². The molecule has 3 rings (SSSR count). The highest BCUT2D eigenvalue weighted by Gasteiger charge is 2.29. The van der Waals surface area contributed by atoms with Crippen molar-refractivity contribution in [2.45, 2.75) is 78.7 Å². The summed E-state index contributed by atoms with van der Waals surface area (Å²) in [5, 5.41) is 13.2. The zero-order valence-corrected chi connectivity index (χ0v) is 21.1. The van der Waals surface area contributed by atoms with Crippen LogP contribution in [0.3, 0.4) is 0 Å². The van der Waals surface area contributed by atoms with Gasteiger partial charge in [0, 0.05) is 24.8 Å². The standard InChI is InChI=1S/C27H39N3O4/c1-6-22(33-24-16-17(3)26(28)19(5)18(24)4)27(32)29-20-12-14-30(15-13-20)25(7-2)34-23-11-9-8-10-21(23)31/h8-11,16,20,22,25,31H,6-7,12-15,28H2,1-5H3,(H,29,32). The lowest BCUT2D eigenvalue weighted by molar-refractivity contribution is -0.129. The molecule has 1 aliphatic heterocycles. The fraction of sp³-hybridized carbons (Fsp3) is 0.519. The van der Waals surface area contributed by atoms with E-state index in [1.165, 1.54) is 0 Å². The van der Waals surface area contributed by atoms with Gasteiger partial charge in [0.15, 0.2) is 23.8 Å². The maximum atomic E-state index is 13.0. The minimum atomic E-state index is -0.549. The molecule has 2 aromatic rings. The van der Waals surface area contributed by atoms with Crippen LogP contribution in [0.5, 0.6) is 17.2 Å². The van der Waals surface area contributed by atoms with Crippen molar-refractivity contribution in [3.05, 3.63) is 47.0 Å². The van der Waals surface area contributed by atoms with Gasteiger partial charge in [-0.1, -0.05) is 26.0 Å². The van der Waals surface area contributed by atoms with Gasteiger partial charge in [-0.2, -0.15) is 0 Å². The van der Waals surface area contributed by atoms with E-state index in [0.717, 1.165) is 54.7 Å². The molecule has 0 spiro atoms. The number of nitrogens with zero attached hydrogens (tertiary/aromatic N) is 1. The molecule has 2 unspecified atom stereocenters. The Bertz CT molecular complexity index is 986. The normalized spacial score (nSPS) is 16.6. The second-order valence-corrected chi connectivity index (χ2v) is 9.14. The van der Waals surface area contributed by atoms with Crippen LogP contribution in [0.4, 0.5) is 5.69 Å². The largest absolute Gasteiger partial charge is 0.504 e. The lowest BCUT2D eigenvalue weighted by atomic mass is 10.0. The lowest BCUT2D eigenvalue weighted by Gasteiger charge is -2.37.